The van der Waals surface area contributed by atoms with E-state index >= 15 is 0 Å². The fourth-order valence-electron chi connectivity index (χ4n) is 3.48. The molecule has 0 aromatic heterocycles. The Bertz CT molecular complexity index is 675. The summed E-state index contributed by atoms with van der Waals surface area (Å²) in [6.07, 6.45) is -0.197. The van der Waals surface area contributed by atoms with Crippen molar-refractivity contribution in [3.8, 4) is 0 Å². The molecule has 2 aromatic carbocycles. The first-order chi connectivity index (χ1) is 12.1. The van der Waals surface area contributed by atoms with E-state index in [1.165, 1.54) is 5.56 Å². The second-order valence-corrected chi connectivity index (χ2v) is 6.91. The minimum Gasteiger partial charge on any atom is -0.378 e. The average Bonchev–Trinajstić information content (AvgIpc) is 2.65. The molecule has 1 aliphatic heterocycles. The molecule has 4 heteroatoms. The standard InChI is InChI=1S/C21H26N2O2/c1-16-14-23(15-17-8-4-2-5-9-17)13-12-19(16)22-21(25)20(24)18-10-6-3-7-11-18/h2-11,16,19-20,24H,12-15H2,1H3,(H,22,25). The molecule has 1 fully saturated rings. The Labute approximate surface area is 149 Å². The summed E-state index contributed by atoms with van der Waals surface area (Å²) in [7, 11) is 0. The fourth-order valence-corrected chi connectivity index (χ4v) is 3.48. The van der Waals surface area contributed by atoms with Crippen molar-refractivity contribution in [2.75, 3.05) is 13.1 Å². The normalized spacial score (nSPS) is 22.3. The summed E-state index contributed by atoms with van der Waals surface area (Å²) in [5, 5.41) is 13.3. The minimum atomic E-state index is -1.10. The van der Waals surface area contributed by atoms with Gasteiger partial charge in [0.1, 0.15) is 0 Å². The molecule has 3 rings (SSSR count). The maximum atomic E-state index is 12.4. The first-order valence-electron chi connectivity index (χ1n) is 8.93. The van der Waals surface area contributed by atoms with E-state index in [2.05, 4.69) is 41.4 Å². The summed E-state index contributed by atoms with van der Waals surface area (Å²) < 4.78 is 0. The summed E-state index contributed by atoms with van der Waals surface area (Å²) >= 11 is 0. The Morgan fingerprint density at radius 3 is 2.44 bits per heavy atom. The van der Waals surface area contributed by atoms with Gasteiger partial charge in [0.2, 0.25) is 0 Å². The number of benzene rings is 2. The minimum absolute atomic E-state index is 0.109. The molecule has 0 spiro atoms. The van der Waals surface area contributed by atoms with E-state index in [1.54, 1.807) is 12.1 Å². The topological polar surface area (TPSA) is 52.6 Å². The van der Waals surface area contributed by atoms with Crippen LogP contribution in [0.1, 0.15) is 30.6 Å². The molecule has 2 N–H and O–H groups in total. The lowest BCUT2D eigenvalue weighted by atomic mass is 9.93. The second kappa shape index (κ2) is 8.28. The van der Waals surface area contributed by atoms with Crippen molar-refractivity contribution in [2.45, 2.75) is 32.0 Å². The molecule has 25 heavy (non-hydrogen) atoms. The zero-order valence-corrected chi connectivity index (χ0v) is 14.6. The number of nitrogens with one attached hydrogen (secondary N) is 1. The molecule has 2 aromatic rings. The van der Waals surface area contributed by atoms with Crippen molar-refractivity contribution >= 4 is 5.91 Å². The van der Waals surface area contributed by atoms with Gasteiger partial charge in [-0.15, -0.1) is 0 Å². The van der Waals surface area contributed by atoms with Crippen LogP contribution < -0.4 is 5.32 Å². The quantitative estimate of drug-likeness (QED) is 0.881. The Morgan fingerprint density at radius 2 is 1.80 bits per heavy atom. The third kappa shape index (κ3) is 4.68. The second-order valence-electron chi connectivity index (χ2n) is 6.91. The molecule has 0 radical (unpaired) electrons. The third-order valence-corrected chi connectivity index (χ3v) is 4.93. The van der Waals surface area contributed by atoms with Crippen LogP contribution in [0.15, 0.2) is 60.7 Å². The van der Waals surface area contributed by atoms with E-state index in [1.807, 2.05) is 24.3 Å². The smallest absolute Gasteiger partial charge is 0.253 e. The van der Waals surface area contributed by atoms with Crippen molar-refractivity contribution in [1.29, 1.82) is 0 Å². The number of carbonyl (C=O) groups excluding carboxylic acids is 1. The van der Waals surface area contributed by atoms with Crippen molar-refractivity contribution < 1.29 is 9.90 Å². The van der Waals surface area contributed by atoms with Gasteiger partial charge in [-0.05, 0) is 23.5 Å². The lowest BCUT2D eigenvalue weighted by Crippen LogP contribution is -2.50. The molecule has 0 saturated carbocycles. The van der Waals surface area contributed by atoms with Crippen LogP contribution in [-0.2, 0) is 11.3 Å². The van der Waals surface area contributed by atoms with Gasteiger partial charge in [-0.3, -0.25) is 9.69 Å². The molecule has 1 heterocycles. The number of likely N-dealkylation sites (tertiary alicyclic amines) is 1. The van der Waals surface area contributed by atoms with Crippen molar-refractivity contribution in [1.82, 2.24) is 10.2 Å². The molecule has 1 saturated heterocycles. The SMILES string of the molecule is CC1CN(Cc2ccccc2)CCC1NC(=O)C(O)c1ccccc1. The van der Waals surface area contributed by atoms with Crippen molar-refractivity contribution in [2.24, 2.45) is 5.92 Å². The highest BCUT2D eigenvalue weighted by Gasteiger charge is 2.29. The third-order valence-electron chi connectivity index (χ3n) is 4.93. The molecular formula is C21H26N2O2. The van der Waals surface area contributed by atoms with E-state index < -0.39 is 6.10 Å². The van der Waals surface area contributed by atoms with E-state index in [-0.39, 0.29) is 11.9 Å². The highest BCUT2D eigenvalue weighted by molar-refractivity contribution is 5.82. The number of nitrogens with zero attached hydrogens (tertiary/aromatic N) is 1. The van der Waals surface area contributed by atoms with E-state index in [0.29, 0.717) is 11.5 Å². The number of amides is 1. The van der Waals surface area contributed by atoms with Crippen molar-refractivity contribution in [3.05, 3.63) is 71.8 Å². The first-order valence-corrected chi connectivity index (χ1v) is 8.93. The number of hydrogen-bond acceptors (Lipinski definition) is 3. The predicted octanol–water partition coefficient (Wildman–Crippen LogP) is 2.75. The summed E-state index contributed by atoms with van der Waals surface area (Å²) in [5.41, 5.74) is 1.95. The maximum absolute atomic E-state index is 12.4. The Balaban J connectivity index is 1.52. The summed E-state index contributed by atoms with van der Waals surface area (Å²) in [6.45, 7) is 5.00. The van der Waals surface area contributed by atoms with Crippen LogP contribution in [0, 0.1) is 5.92 Å². The summed E-state index contributed by atoms with van der Waals surface area (Å²) in [5.74, 6) is 0.0453. The van der Waals surface area contributed by atoms with Gasteiger partial charge in [0.25, 0.3) is 5.91 Å². The molecule has 3 unspecified atom stereocenters. The Morgan fingerprint density at radius 1 is 1.16 bits per heavy atom. The highest BCUT2D eigenvalue weighted by atomic mass is 16.3. The molecule has 1 amide bonds. The van der Waals surface area contributed by atoms with Gasteiger partial charge < -0.3 is 10.4 Å². The largest absolute Gasteiger partial charge is 0.378 e. The van der Waals surface area contributed by atoms with Gasteiger partial charge in [-0.25, -0.2) is 0 Å². The van der Waals surface area contributed by atoms with Crippen LogP contribution in [0.25, 0.3) is 0 Å². The Kier molecular flexibility index (Phi) is 5.84. The number of hydrogen-bond donors (Lipinski definition) is 2. The average molecular weight is 338 g/mol. The van der Waals surface area contributed by atoms with Crippen LogP contribution in [0.5, 0.6) is 0 Å². The van der Waals surface area contributed by atoms with Crippen LogP contribution in [0.4, 0.5) is 0 Å². The van der Waals surface area contributed by atoms with Gasteiger partial charge >= 0.3 is 0 Å². The van der Waals surface area contributed by atoms with E-state index in [4.69, 9.17) is 0 Å². The van der Waals surface area contributed by atoms with Crippen LogP contribution in [0.3, 0.4) is 0 Å². The molecule has 0 aliphatic carbocycles. The monoisotopic (exact) mass is 338 g/mol. The number of aliphatic hydroxyl groups excluding tert-OH is 1. The van der Waals surface area contributed by atoms with Crippen LogP contribution in [-0.4, -0.2) is 35.0 Å². The maximum Gasteiger partial charge on any atom is 0.253 e. The van der Waals surface area contributed by atoms with Gasteiger partial charge in [0.05, 0.1) is 0 Å². The van der Waals surface area contributed by atoms with E-state index in [0.717, 1.165) is 26.1 Å². The van der Waals surface area contributed by atoms with Gasteiger partial charge in [0, 0.05) is 25.7 Å². The zero-order chi connectivity index (χ0) is 17.6. The van der Waals surface area contributed by atoms with Gasteiger partial charge in [0.15, 0.2) is 6.10 Å². The molecule has 3 atom stereocenters. The number of rotatable bonds is 5. The molecular weight excluding hydrogens is 312 g/mol. The molecule has 1 aliphatic rings. The lowest BCUT2D eigenvalue weighted by molar-refractivity contribution is -0.131. The zero-order valence-electron chi connectivity index (χ0n) is 14.6. The van der Waals surface area contributed by atoms with Crippen LogP contribution >= 0.6 is 0 Å². The number of piperidine rings is 1. The molecule has 4 nitrogen and oxygen atoms in total. The first kappa shape index (κ1) is 17.6. The number of aliphatic hydroxyl groups is 1. The van der Waals surface area contributed by atoms with Crippen LogP contribution in [0.2, 0.25) is 0 Å². The highest BCUT2D eigenvalue weighted by Crippen LogP contribution is 2.20. The summed E-state index contributed by atoms with van der Waals surface area (Å²) in [4.78, 5) is 14.8. The van der Waals surface area contributed by atoms with Gasteiger partial charge in [-0.1, -0.05) is 67.6 Å². The van der Waals surface area contributed by atoms with Gasteiger partial charge in [-0.2, -0.15) is 0 Å². The lowest BCUT2D eigenvalue weighted by Gasteiger charge is -2.37. The molecule has 132 valence electrons. The fraction of sp³-hybridized carbons (Fsp3) is 0.381. The molecule has 0 bridgehead atoms. The Hall–Kier alpha value is -2.17. The van der Waals surface area contributed by atoms with E-state index in [9.17, 15) is 9.90 Å². The van der Waals surface area contributed by atoms with Crippen molar-refractivity contribution in [3.63, 3.8) is 0 Å². The number of carbonyl (C=O) groups is 1. The summed E-state index contributed by atoms with van der Waals surface area (Å²) in [6, 6.07) is 19.7. The predicted molar refractivity (Wildman–Crippen MR) is 98.8 cm³/mol.